The van der Waals surface area contributed by atoms with E-state index in [-0.39, 0.29) is 24.1 Å². The number of fused-ring (bicyclic) bond motifs is 1. The molecule has 0 aliphatic heterocycles. The smallest absolute Gasteiger partial charge is 0.315 e. The number of nitrogens with one attached hydrogen (secondary N) is 2. The Morgan fingerprint density at radius 2 is 2.00 bits per heavy atom. The van der Waals surface area contributed by atoms with Gasteiger partial charge in [-0.15, -0.1) is 0 Å². The summed E-state index contributed by atoms with van der Waals surface area (Å²) in [5.41, 5.74) is 2.50. The van der Waals surface area contributed by atoms with Gasteiger partial charge in [0.2, 0.25) is 5.91 Å². The Bertz CT molecular complexity index is 1260. The van der Waals surface area contributed by atoms with Gasteiger partial charge in [0.15, 0.2) is 5.82 Å². The summed E-state index contributed by atoms with van der Waals surface area (Å²) in [6.07, 6.45) is 0.608. The lowest BCUT2D eigenvalue weighted by molar-refractivity contribution is -0.131. The summed E-state index contributed by atoms with van der Waals surface area (Å²) in [5, 5.41) is 4.94. The lowest BCUT2D eigenvalue weighted by Crippen LogP contribution is -2.29. The Labute approximate surface area is 194 Å². The van der Waals surface area contributed by atoms with E-state index in [1.165, 1.54) is 6.07 Å². The summed E-state index contributed by atoms with van der Waals surface area (Å²) in [4.78, 5) is 34.0. The molecule has 2 aromatic heterocycles. The highest BCUT2D eigenvalue weighted by Crippen LogP contribution is 2.35. The van der Waals surface area contributed by atoms with E-state index in [1.807, 2.05) is 14.0 Å². The number of carbonyl (C=O) groups excluding carboxylic acids is 2. The molecule has 0 unspecified atom stereocenters. The minimum Gasteiger partial charge on any atom is -0.347 e. The van der Waals surface area contributed by atoms with Crippen molar-refractivity contribution in [2.45, 2.75) is 39.2 Å². The molecule has 34 heavy (non-hydrogen) atoms. The molecule has 0 spiro atoms. The van der Waals surface area contributed by atoms with Crippen LogP contribution in [-0.4, -0.2) is 39.8 Å². The Hall–Kier alpha value is -3.63. The molecule has 2 heterocycles. The summed E-state index contributed by atoms with van der Waals surface area (Å²) in [6, 6.07) is 4.62. The molecular formula is C23H25F3N6O2. The first-order chi connectivity index (χ1) is 16.2. The molecule has 1 aromatic carbocycles. The van der Waals surface area contributed by atoms with Crippen molar-refractivity contribution in [2.75, 3.05) is 17.3 Å². The molecule has 1 aliphatic carbocycles. The first-order valence-electron chi connectivity index (χ1n) is 10.9. The fourth-order valence-corrected chi connectivity index (χ4v) is 3.78. The second-order valence-corrected chi connectivity index (χ2v) is 8.33. The summed E-state index contributed by atoms with van der Waals surface area (Å²) in [6.45, 7) is 1.63. The molecule has 1 saturated carbocycles. The lowest BCUT2D eigenvalue weighted by Gasteiger charge is -2.24. The minimum absolute atomic E-state index is 0.0239. The molecule has 180 valence electrons. The summed E-state index contributed by atoms with van der Waals surface area (Å²) >= 11 is 0. The number of pyridine rings is 1. The van der Waals surface area contributed by atoms with Crippen LogP contribution in [0.25, 0.3) is 11.0 Å². The van der Waals surface area contributed by atoms with Crippen molar-refractivity contribution in [1.82, 2.24) is 19.9 Å². The molecule has 1 fully saturated rings. The Morgan fingerprint density at radius 1 is 1.26 bits per heavy atom. The van der Waals surface area contributed by atoms with Crippen molar-refractivity contribution in [1.29, 1.82) is 0 Å². The zero-order valence-corrected chi connectivity index (χ0v) is 19.0. The molecule has 1 aliphatic rings. The maximum absolute atomic E-state index is 15.3. The Kier molecular flexibility index (Phi) is 6.45. The second kappa shape index (κ2) is 9.32. The molecule has 8 nitrogen and oxygen atoms in total. The highest BCUT2D eigenvalue weighted by molar-refractivity contribution is 6.00. The fraction of sp³-hybridized carbons (Fsp3) is 0.391. The number of nitrogens with zero attached hydrogens (tertiary/aromatic N) is 4. The number of amides is 2. The van der Waals surface area contributed by atoms with Crippen LogP contribution < -0.4 is 15.5 Å². The third kappa shape index (κ3) is 4.68. The van der Waals surface area contributed by atoms with Gasteiger partial charge >= 0.3 is 6.43 Å². The van der Waals surface area contributed by atoms with Crippen LogP contribution in [0.2, 0.25) is 0 Å². The number of hydrogen-bond donors (Lipinski definition) is 2. The van der Waals surface area contributed by atoms with E-state index in [4.69, 9.17) is 0 Å². The van der Waals surface area contributed by atoms with E-state index in [2.05, 4.69) is 20.6 Å². The quantitative estimate of drug-likeness (QED) is 0.520. The second-order valence-electron chi connectivity index (χ2n) is 8.33. The van der Waals surface area contributed by atoms with Gasteiger partial charge in [0.25, 0.3) is 5.91 Å². The van der Waals surface area contributed by atoms with Crippen molar-refractivity contribution in [2.24, 2.45) is 13.0 Å². The van der Waals surface area contributed by atoms with E-state index in [0.29, 0.717) is 40.2 Å². The van der Waals surface area contributed by atoms with Crippen LogP contribution in [0.1, 0.15) is 30.9 Å². The predicted octanol–water partition coefficient (Wildman–Crippen LogP) is 3.67. The molecule has 11 heteroatoms. The zero-order chi connectivity index (χ0) is 24.6. The number of benzene rings is 1. The van der Waals surface area contributed by atoms with Gasteiger partial charge in [0, 0.05) is 32.6 Å². The zero-order valence-electron chi connectivity index (χ0n) is 19.0. The average molecular weight is 474 g/mol. The fourth-order valence-electron chi connectivity index (χ4n) is 3.78. The molecule has 2 amide bonds. The molecule has 3 aromatic rings. The van der Waals surface area contributed by atoms with Crippen molar-refractivity contribution < 1.29 is 22.8 Å². The molecule has 0 saturated heterocycles. The number of aromatic nitrogens is 3. The number of halogens is 3. The first kappa shape index (κ1) is 23.5. The maximum atomic E-state index is 15.3. The molecule has 0 radical (unpaired) electrons. The number of imidazole rings is 1. The maximum Gasteiger partial charge on any atom is 0.315 e. The van der Waals surface area contributed by atoms with Crippen LogP contribution in [0, 0.1) is 11.7 Å². The molecule has 0 atom stereocenters. The van der Waals surface area contributed by atoms with Crippen LogP contribution in [0.3, 0.4) is 0 Å². The van der Waals surface area contributed by atoms with Gasteiger partial charge < -0.3 is 20.1 Å². The van der Waals surface area contributed by atoms with Gasteiger partial charge in [-0.25, -0.2) is 14.4 Å². The number of rotatable bonds is 8. The highest BCUT2D eigenvalue weighted by Gasteiger charge is 2.31. The van der Waals surface area contributed by atoms with Crippen LogP contribution in [0.4, 0.5) is 30.5 Å². The number of anilines is 3. The number of carbonyl (C=O) groups is 2. The standard InChI is InChI=1S/C23H25F3N6O2/c1-4-13-7-12(10-27-23(34)20(25)26)8-15(24)19(13)32(3)17-9-16-18(28-11-31(16)2)21(29-17)30-22(33)14-5-6-14/h7-9,11,14,20H,4-6,10H2,1-3H3,(H,27,34)(H,29,30,33). The molecule has 4 rings (SSSR count). The predicted molar refractivity (Wildman–Crippen MR) is 122 cm³/mol. The van der Waals surface area contributed by atoms with Crippen LogP contribution in [0.5, 0.6) is 0 Å². The highest BCUT2D eigenvalue weighted by atomic mass is 19.3. The topological polar surface area (TPSA) is 92.2 Å². The number of alkyl halides is 2. The molecule has 2 N–H and O–H groups in total. The van der Waals surface area contributed by atoms with Gasteiger partial charge in [-0.1, -0.05) is 13.0 Å². The Morgan fingerprint density at radius 3 is 2.65 bits per heavy atom. The van der Waals surface area contributed by atoms with Gasteiger partial charge in [-0.05, 0) is 36.5 Å². The lowest BCUT2D eigenvalue weighted by atomic mass is 10.0. The van der Waals surface area contributed by atoms with E-state index >= 15 is 4.39 Å². The summed E-state index contributed by atoms with van der Waals surface area (Å²) in [5.74, 6) is -1.43. The van der Waals surface area contributed by atoms with Crippen LogP contribution >= 0.6 is 0 Å². The van der Waals surface area contributed by atoms with Crippen molar-refractivity contribution >= 4 is 40.2 Å². The molecular weight excluding hydrogens is 449 g/mol. The number of aryl methyl sites for hydroxylation is 2. The monoisotopic (exact) mass is 474 g/mol. The van der Waals surface area contributed by atoms with Crippen molar-refractivity contribution in [3.63, 3.8) is 0 Å². The third-order valence-electron chi connectivity index (χ3n) is 5.82. The van der Waals surface area contributed by atoms with E-state index < -0.39 is 18.1 Å². The number of hydrogen-bond acceptors (Lipinski definition) is 5. The minimum atomic E-state index is -3.14. The van der Waals surface area contributed by atoms with Crippen molar-refractivity contribution in [3.05, 3.63) is 41.5 Å². The van der Waals surface area contributed by atoms with Gasteiger partial charge in [0.05, 0.1) is 17.5 Å². The van der Waals surface area contributed by atoms with Gasteiger partial charge in [-0.2, -0.15) is 8.78 Å². The summed E-state index contributed by atoms with van der Waals surface area (Å²) < 4.78 is 42.0. The third-order valence-corrected chi connectivity index (χ3v) is 5.82. The first-order valence-corrected chi connectivity index (χ1v) is 10.9. The largest absolute Gasteiger partial charge is 0.347 e. The van der Waals surface area contributed by atoms with E-state index in [0.717, 1.165) is 12.8 Å². The normalized spacial score (nSPS) is 13.4. The van der Waals surface area contributed by atoms with E-state index in [1.54, 1.807) is 35.0 Å². The summed E-state index contributed by atoms with van der Waals surface area (Å²) in [7, 11) is 3.47. The van der Waals surface area contributed by atoms with Gasteiger partial charge in [-0.3, -0.25) is 9.59 Å². The Balaban J connectivity index is 1.69. The van der Waals surface area contributed by atoms with Crippen LogP contribution in [-0.2, 0) is 29.6 Å². The van der Waals surface area contributed by atoms with E-state index in [9.17, 15) is 18.4 Å². The van der Waals surface area contributed by atoms with Gasteiger partial charge in [0.1, 0.15) is 17.2 Å². The van der Waals surface area contributed by atoms with Crippen LogP contribution in [0.15, 0.2) is 24.5 Å². The molecule has 0 bridgehead atoms. The van der Waals surface area contributed by atoms with Crippen molar-refractivity contribution in [3.8, 4) is 0 Å². The average Bonchev–Trinajstić information content (AvgIpc) is 3.59. The SMILES string of the molecule is CCc1cc(CNC(=O)C(F)F)cc(F)c1N(C)c1cc2c(ncn2C)c(NC(=O)C2CC2)n1.